The van der Waals surface area contributed by atoms with Gasteiger partial charge in [-0.1, -0.05) is 66.7 Å². The Kier molecular flexibility index (Phi) is 5.40. The number of hydrogen-bond donors (Lipinski definition) is 0. The molecule has 1 aliphatic rings. The molecular weight excluding hydrogens is 420 g/mol. The van der Waals surface area contributed by atoms with Crippen LogP contribution in [-0.2, 0) is 11.3 Å². The van der Waals surface area contributed by atoms with Crippen LogP contribution in [0.2, 0.25) is 0 Å². The fourth-order valence-corrected chi connectivity index (χ4v) is 5.46. The van der Waals surface area contributed by atoms with E-state index in [0.717, 1.165) is 88.7 Å². The molecule has 170 valence electrons. The highest BCUT2D eigenvalue weighted by molar-refractivity contribution is 6.28. The van der Waals surface area contributed by atoms with E-state index in [9.17, 15) is 4.79 Å². The van der Waals surface area contributed by atoms with Gasteiger partial charge in [-0.2, -0.15) is 0 Å². The molecule has 0 aliphatic carbocycles. The van der Waals surface area contributed by atoms with Crippen molar-refractivity contribution >= 4 is 38.2 Å². The van der Waals surface area contributed by atoms with Crippen molar-refractivity contribution in [2.45, 2.75) is 13.5 Å². The van der Waals surface area contributed by atoms with Crippen LogP contribution in [0.1, 0.15) is 21.6 Å². The maximum absolute atomic E-state index is 14.4. The number of carbonyl (C=O) groups excluding carboxylic acids is 1. The largest absolute Gasteiger partial charge is 0.379 e. The van der Waals surface area contributed by atoms with Crippen molar-refractivity contribution in [1.29, 1.82) is 0 Å². The minimum Gasteiger partial charge on any atom is -0.379 e. The molecule has 34 heavy (non-hydrogen) atoms. The van der Waals surface area contributed by atoms with E-state index < -0.39 is 0 Å². The summed E-state index contributed by atoms with van der Waals surface area (Å²) >= 11 is 0. The van der Waals surface area contributed by atoms with Crippen molar-refractivity contribution in [2.24, 2.45) is 0 Å². The molecule has 0 N–H and O–H groups in total. The van der Waals surface area contributed by atoms with E-state index in [0.29, 0.717) is 0 Å². The minimum atomic E-state index is 0.104. The van der Waals surface area contributed by atoms with Gasteiger partial charge in [0.25, 0.3) is 0 Å². The van der Waals surface area contributed by atoms with Crippen molar-refractivity contribution < 1.29 is 9.53 Å². The summed E-state index contributed by atoms with van der Waals surface area (Å²) in [5, 5.41) is 5.24. The Hall–Kier alpha value is -3.47. The number of aromatic nitrogens is 1. The summed E-state index contributed by atoms with van der Waals surface area (Å²) < 4.78 is 7.83. The molecule has 0 amide bonds. The average Bonchev–Trinajstić information content (AvgIpc) is 3.17. The molecule has 4 heteroatoms. The van der Waals surface area contributed by atoms with Gasteiger partial charge in [-0.05, 0) is 40.6 Å². The Balaban J connectivity index is 1.51. The number of para-hydroxylation sites is 1. The third-order valence-corrected chi connectivity index (χ3v) is 7.20. The van der Waals surface area contributed by atoms with Gasteiger partial charge in [-0.25, -0.2) is 0 Å². The monoisotopic (exact) mass is 448 g/mol. The van der Waals surface area contributed by atoms with Gasteiger partial charge in [0.15, 0.2) is 5.78 Å². The van der Waals surface area contributed by atoms with Crippen LogP contribution in [0.5, 0.6) is 0 Å². The normalized spacial score (nSPS) is 14.9. The second kappa shape index (κ2) is 8.71. The number of ether oxygens (including phenoxy) is 1. The summed E-state index contributed by atoms with van der Waals surface area (Å²) in [7, 11) is 0. The highest BCUT2D eigenvalue weighted by Gasteiger charge is 2.24. The summed E-state index contributed by atoms with van der Waals surface area (Å²) in [5.74, 6) is 0.104. The summed E-state index contributed by atoms with van der Waals surface area (Å²) in [6.45, 7) is 7.42. The lowest BCUT2D eigenvalue weighted by Crippen LogP contribution is -2.38. The van der Waals surface area contributed by atoms with Crippen LogP contribution in [0.25, 0.3) is 32.4 Å². The third-order valence-electron chi connectivity index (χ3n) is 7.20. The van der Waals surface area contributed by atoms with Crippen LogP contribution in [0.4, 0.5) is 0 Å². The molecule has 4 aromatic carbocycles. The molecule has 0 saturated carbocycles. The number of nitrogens with zero attached hydrogens (tertiary/aromatic N) is 2. The Bertz CT molecular complexity index is 1470. The lowest BCUT2D eigenvalue weighted by atomic mass is 9.90. The van der Waals surface area contributed by atoms with Crippen LogP contribution in [0, 0.1) is 6.92 Å². The fraction of sp³-hybridized carbons (Fsp3) is 0.233. The molecule has 1 saturated heterocycles. The topological polar surface area (TPSA) is 34.5 Å². The quantitative estimate of drug-likeness (QED) is 0.251. The molecule has 0 unspecified atom stereocenters. The van der Waals surface area contributed by atoms with E-state index >= 15 is 0 Å². The van der Waals surface area contributed by atoms with E-state index in [1.165, 1.54) is 0 Å². The zero-order chi connectivity index (χ0) is 23.1. The van der Waals surface area contributed by atoms with Gasteiger partial charge >= 0.3 is 0 Å². The van der Waals surface area contributed by atoms with Gasteiger partial charge in [-0.3, -0.25) is 9.69 Å². The van der Waals surface area contributed by atoms with Crippen LogP contribution in [0.15, 0.2) is 78.9 Å². The maximum Gasteiger partial charge on any atom is 0.196 e. The summed E-state index contributed by atoms with van der Waals surface area (Å²) in [4.78, 5) is 16.8. The van der Waals surface area contributed by atoms with Crippen LogP contribution < -0.4 is 0 Å². The zero-order valence-electron chi connectivity index (χ0n) is 19.5. The van der Waals surface area contributed by atoms with Crippen molar-refractivity contribution in [3.8, 4) is 0 Å². The molecule has 0 atom stereocenters. The van der Waals surface area contributed by atoms with E-state index in [2.05, 4.69) is 64.9 Å². The first-order valence-corrected chi connectivity index (χ1v) is 12.1. The van der Waals surface area contributed by atoms with Gasteiger partial charge in [0, 0.05) is 48.3 Å². The SMILES string of the molecule is Cc1c(C(=O)c2c3ccccc3cc3ccccc23)c2ccccc2n1CCN1CCOCC1. The molecule has 1 aliphatic heterocycles. The lowest BCUT2D eigenvalue weighted by molar-refractivity contribution is 0.0365. The summed E-state index contributed by atoms with van der Waals surface area (Å²) in [5.41, 5.74) is 3.78. The van der Waals surface area contributed by atoms with Crippen LogP contribution in [0.3, 0.4) is 0 Å². The summed E-state index contributed by atoms with van der Waals surface area (Å²) in [6, 6.07) is 27.0. The Morgan fingerprint density at radius 3 is 2.03 bits per heavy atom. The van der Waals surface area contributed by atoms with Crippen LogP contribution >= 0.6 is 0 Å². The van der Waals surface area contributed by atoms with Gasteiger partial charge < -0.3 is 9.30 Å². The number of ketones is 1. The number of rotatable bonds is 5. The number of carbonyl (C=O) groups is 1. The predicted octanol–water partition coefficient (Wildman–Crippen LogP) is 5.82. The first kappa shape index (κ1) is 21.1. The van der Waals surface area contributed by atoms with Crippen molar-refractivity contribution in [2.75, 3.05) is 32.8 Å². The molecule has 6 rings (SSSR count). The van der Waals surface area contributed by atoms with Gasteiger partial charge in [0.05, 0.1) is 18.8 Å². The molecule has 5 aromatic rings. The second-order valence-electron chi connectivity index (χ2n) is 9.11. The maximum atomic E-state index is 14.4. The van der Waals surface area contributed by atoms with E-state index in [1.807, 2.05) is 30.3 Å². The first-order chi connectivity index (χ1) is 16.7. The molecule has 1 aromatic heterocycles. The molecule has 0 bridgehead atoms. The van der Waals surface area contributed by atoms with Crippen LogP contribution in [-0.4, -0.2) is 48.1 Å². The Labute approximate surface area is 199 Å². The zero-order valence-corrected chi connectivity index (χ0v) is 19.5. The lowest BCUT2D eigenvalue weighted by Gasteiger charge is -2.27. The first-order valence-electron chi connectivity index (χ1n) is 12.1. The van der Waals surface area contributed by atoms with E-state index in [1.54, 1.807) is 0 Å². The number of fused-ring (bicyclic) bond motifs is 3. The average molecular weight is 449 g/mol. The van der Waals surface area contributed by atoms with Gasteiger partial charge in [-0.15, -0.1) is 0 Å². The fourth-order valence-electron chi connectivity index (χ4n) is 5.46. The van der Waals surface area contributed by atoms with Crippen molar-refractivity contribution in [1.82, 2.24) is 9.47 Å². The molecule has 1 fully saturated rings. The van der Waals surface area contributed by atoms with Crippen molar-refractivity contribution in [3.05, 3.63) is 95.7 Å². The standard InChI is InChI=1S/C30H28N2O2/c1-21-28(26-12-6-7-13-27(26)32(21)15-14-31-16-18-34-19-17-31)30(33)29-24-10-4-2-8-22(24)20-23-9-3-5-11-25(23)29/h2-13,20H,14-19H2,1H3. The molecule has 4 nitrogen and oxygen atoms in total. The van der Waals surface area contributed by atoms with Crippen molar-refractivity contribution in [3.63, 3.8) is 0 Å². The van der Waals surface area contributed by atoms with Gasteiger partial charge in [0.2, 0.25) is 0 Å². The predicted molar refractivity (Wildman–Crippen MR) is 139 cm³/mol. The summed E-state index contributed by atoms with van der Waals surface area (Å²) in [6.07, 6.45) is 0. The molecule has 0 spiro atoms. The number of benzene rings is 4. The second-order valence-corrected chi connectivity index (χ2v) is 9.11. The van der Waals surface area contributed by atoms with E-state index in [4.69, 9.17) is 4.74 Å². The van der Waals surface area contributed by atoms with E-state index in [-0.39, 0.29) is 5.78 Å². The molecule has 0 radical (unpaired) electrons. The Morgan fingerprint density at radius 1 is 0.765 bits per heavy atom. The smallest absolute Gasteiger partial charge is 0.196 e. The Morgan fingerprint density at radius 2 is 1.35 bits per heavy atom. The number of hydrogen-bond acceptors (Lipinski definition) is 3. The highest BCUT2D eigenvalue weighted by Crippen LogP contribution is 2.34. The molecular formula is C30H28N2O2. The minimum absolute atomic E-state index is 0.104. The number of morpholine rings is 1. The third kappa shape index (κ3) is 3.51. The van der Waals surface area contributed by atoms with Gasteiger partial charge in [0.1, 0.15) is 0 Å². The highest BCUT2D eigenvalue weighted by atomic mass is 16.5. The molecule has 2 heterocycles.